The first-order chi connectivity index (χ1) is 13.5. The van der Waals surface area contributed by atoms with Crippen molar-refractivity contribution < 1.29 is 5.11 Å². The summed E-state index contributed by atoms with van der Waals surface area (Å²) in [7, 11) is 1.88. The molecule has 0 saturated carbocycles. The molecule has 4 aromatic rings. The van der Waals surface area contributed by atoms with Gasteiger partial charge >= 0.3 is 0 Å². The Morgan fingerprint density at radius 2 is 1.93 bits per heavy atom. The molecule has 1 aliphatic rings. The van der Waals surface area contributed by atoms with Crippen LogP contribution in [0.15, 0.2) is 36.5 Å². The standard InChI is InChI=1S/C21H22N6O/c1-12-20-13(10-26(2)25-20)9-15(21(12)28)16-3-4-18-17(23-16)5-6-19(24-18)27-8-7-14(22)11-27/h3-6,9-10,14,28H,7-8,11,22H2,1-2H3. The number of anilines is 1. The molecule has 1 aromatic carbocycles. The predicted octanol–water partition coefficient (Wildman–Crippen LogP) is 2.73. The van der Waals surface area contributed by atoms with E-state index in [0.717, 1.165) is 58.5 Å². The Hall–Kier alpha value is -3.19. The van der Waals surface area contributed by atoms with Crippen LogP contribution >= 0.6 is 0 Å². The van der Waals surface area contributed by atoms with E-state index in [9.17, 15) is 5.11 Å². The number of phenolic OH excluding ortho intramolecular Hbond substituents is 1. The van der Waals surface area contributed by atoms with Crippen molar-refractivity contribution in [1.82, 2.24) is 19.7 Å². The second-order valence-electron chi connectivity index (χ2n) is 7.54. The molecule has 7 heteroatoms. The molecule has 1 fully saturated rings. The Labute approximate surface area is 162 Å². The molecule has 142 valence electrons. The third kappa shape index (κ3) is 2.66. The highest BCUT2D eigenvalue weighted by molar-refractivity contribution is 5.91. The zero-order chi connectivity index (χ0) is 19.4. The molecule has 3 N–H and O–H groups in total. The highest BCUT2D eigenvalue weighted by atomic mass is 16.3. The van der Waals surface area contributed by atoms with Gasteiger partial charge in [0.15, 0.2) is 0 Å². The van der Waals surface area contributed by atoms with Crippen LogP contribution in [0.2, 0.25) is 0 Å². The minimum atomic E-state index is 0.214. The van der Waals surface area contributed by atoms with Gasteiger partial charge in [-0.1, -0.05) is 0 Å². The van der Waals surface area contributed by atoms with E-state index in [0.29, 0.717) is 5.56 Å². The Balaban J connectivity index is 1.58. The normalized spacial score (nSPS) is 17.1. The number of hydrogen-bond donors (Lipinski definition) is 2. The van der Waals surface area contributed by atoms with E-state index in [2.05, 4.69) is 10.00 Å². The lowest BCUT2D eigenvalue weighted by molar-refractivity contribution is 0.474. The summed E-state index contributed by atoms with van der Waals surface area (Å²) in [6.45, 7) is 3.65. The van der Waals surface area contributed by atoms with Crippen molar-refractivity contribution in [3.63, 3.8) is 0 Å². The molecule has 1 saturated heterocycles. The van der Waals surface area contributed by atoms with Gasteiger partial charge in [0, 0.05) is 48.9 Å². The maximum absolute atomic E-state index is 10.7. The van der Waals surface area contributed by atoms with Gasteiger partial charge in [-0.05, 0) is 43.7 Å². The summed E-state index contributed by atoms with van der Waals surface area (Å²) in [5.74, 6) is 1.15. The summed E-state index contributed by atoms with van der Waals surface area (Å²) in [6.07, 6.45) is 2.94. The van der Waals surface area contributed by atoms with Gasteiger partial charge in [0.25, 0.3) is 0 Å². The Morgan fingerprint density at radius 1 is 1.14 bits per heavy atom. The Bertz CT molecular complexity index is 1210. The number of rotatable bonds is 2. The molecule has 0 bridgehead atoms. The second kappa shape index (κ2) is 6.17. The lowest BCUT2D eigenvalue weighted by atomic mass is 10.0. The van der Waals surface area contributed by atoms with Crippen LogP contribution < -0.4 is 10.6 Å². The SMILES string of the molecule is Cc1c(O)c(-c2ccc3nc(N4CCC(N)C4)ccc3n2)cc2cn(C)nc12. The van der Waals surface area contributed by atoms with Gasteiger partial charge in [-0.3, -0.25) is 4.68 Å². The van der Waals surface area contributed by atoms with E-state index in [4.69, 9.17) is 15.7 Å². The van der Waals surface area contributed by atoms with Crippen molar-refractivity contribution in [3.05, 3.63) is 42.1 Å². The van der Waals surface area contributed by atoms with Gasteiger partial charge in [0.05, 0.1) is 22.2 Å². The van der Waals surface area contributed by atoms with E-state index in [1.807, 2.05) is 50.5 Å². The van der Waals surface area contributed by atoms with Gasteiger partial charge in [-0.2, -0.15) is 5.10 Å². The van der Waals surface area contributed by atoms with Crippen molar-refractivity contribution in [2.75, 3.05) is 18.0 Å². The van der Waals surface area contributed by atoms with Crippen molar-refractivity contribution >= 4 is 27.8 Å². The summed E-state index contributed by atoms with van der Waals surface area (Å²) in [4.78, 5) is 11.7. The molecule has 0 radical (unpaired) electrons. The average molecular weight is 374 g/mol. The van der Waals surface area contributed by atoms with Gasteiger partial charge in [-0.25, -0.2) is 9.97 Å². The fraction of sp³-hybridized carbons (Fsp3) is 0.286. The van der Waals surface area contributed by atoms with Crippen LogP contribution in [-0.4, -0.2) is 44.0 Å². The Morgan fingerprint density at radius 3 is 2.71 bits per heavy atom. The topological polar surface area (TPSA) is 93.1 Å². The van der Waals surface area contributed by atoms with E-state index in [-0.39, 0.29) is 11.8 Å². The van der Waals surface area contributed by atoms with Crippen LogP contribution in [0, 0.1) is 6.92 Å². The number of pyridine rings is 2. The fourth-order valence-electron chi connectivity index (χ4n) is 3.96. The molecule has 0 spiro atoms. The molecular formula is C21H22N6O. The number of aryl methyl sites for hydroxylation is 2. The van der Waals surface area contributed by atoms with Crippen molar-refractivity contribution in [1.29, 1.82) is 0 Å². The maximum atomic E-state index is 10.7. The van der Waals surface area contributed by atoms with Crippen LogP contribution in [0.1, 0.15) is 12.0 Å². The van der Waals surface area contributed by atoms with Crippen LogP contribution in [0.5, 0.6) is 5.75 Å². The number of phenols is 1. The first kappa shape index (κ1) is 16.9. The van der Waals surface area contributed by atoms with Crippen LogP contribution in [0.4, 0.5) is 5.82 Å². The number of benzene rings is 1. The van der Waals surface area contributed by atoms with Gasteiger partial charge in [-0.15, -0.1) is 0 Å². The summed E-state index contributed by atoms with van der Waals surface area (Å²) in [5, 5.41) is 16.1. The first-order valence-corrected chi connectivity index (χ1v) is 9.44. The minimum absolute atomic E-state index is 0.214. The molecule has 1 aliphatic heterocycles. The van der Waals surface area contributed by atoms with E-state index in [1.165, 1.54) is 0 Å². The first-order valence-electron chi connectivity index (χ1n) is 9.44. The highest BCUT2D eigenvalue weighted by Crippen LogP contribution is 2.36. The number of hydrogen-bond acceptors (Lipinski definition) is 6. The minimum Gasteiger partial charge on any atom is -0.507 e. The summed E-state index contributed by atoms with van der Waals surface area (Å²) >= 11 is 0. The van der Waals surface area contributed by atoms with Crippen LogP contribution in [-0.2, 0) is 7.05 Å². The smallest absolute Gasteiger partial charge is 0.130 e. The quantitative estimate of drug-likeness (QED) is 0.560. The zero-order valence-corrected chi connectivity index (χ0v) is 15.9. The lowest BCUT2D eigenvalue weighted by Gasteiger charge is -2.17. The molecular weight excluding hydrogens is 352 g/mol. The number of nitrogens with zero attached hydrogens (tertiary/aromatic N) is 5. The summed E-state index contributed by atoms with van der Waals surface area (Å²) in [5.41, 5.74) is 10.6. The zero-order valence-electron chi connectivity index (χ0n) is 15.9. The molecule has 28 heavy (non-hydrogen) atoms. The number of aromatic nitrogens is 4. The monoisotopic (exact) mass is 374 g/mol. The predicted molar refractivity (Wildman–Crippen MR) is 110 cm³/mol. The summed E-state index contributed by atoms with van der Waals surface area (Å²) in [6, 6.07) is 9.99. The van der Waals surface area contributed by atoms with Crippen molar-refractivity contribution in [3.8, 4) is 17.0 Å². The number of fused-ring (bicyclic) bond motifs is 2. The van der Waals surface area contributed by atoms with Gasteiger partial charge in [0.1, 0.15) is 11.6 Å². The highest BCUT2D eigenvalue weighted by Gasteiger charge is 2.21. The number of aromatic hydroxyl groups is 1. The van der Waals surface area contributed by atoms with Crippen molar-refractivity contribution in [2.45, 2.75) is 19.4 Å². The van der Waals surface area contributed by atoms with E-state index < -0.39 is 0 Å². The van der Waals surface area contributed by atoms with Gasteiger partial charge in [0.2, 0.25) is 0 Å². The molecule has 1 unspecified atom stereocenters. The maximum Gasteiger partial charge on any atom is 0.130 e. The van der Waals surface area contributed by atoms with Crippen LogP contribution in [0.25, 0.3) is 33.2 Å². The summed E-state index contributed by atoms with van der Waals surface area (Å²) < 4.78 is 1.75. The van der Waals surface area contributed by atoms with Crippen molar-refractivity contribution in [2.24, 2.45) is 12.8 Å². The second-order valence-corrected chi connectivity index (χ2v) is 7.54. The molecule has 5 rings (SSSR count). The van der Waals surface area contributed by atoms with Gasteiger partial charge < -0.3 is 15.7 Å². The van der Waals surface area contributed by atoms with E-state index in [1.54, 1.807) is 4.68 Å². The molecule has 1 atom stereocenters. The van der Waals surface area contributed by atoms with Crippen LogP contribution in [0.3, 0.4) is 0 Å². The fourth-order valence-corrected chi connectivity index (χ4v) is 3.96. The third-order valence-corrected chi connectivity index (χ3v) is 5.47. The van der Waals surface area contributed by atoms with E-state index >= 15 is 0 Å². The molecule has 0 amide bonds. The molecule has 7 nitrogen and oxygen atoms in total. The lowest BCUT2D eigenvalue weighted by Crippen LogP contribution is -2.26. The largest absolute Gasteiger partial charge is 0.507 e. The molecule has 4 heterocycles. The molecule has 0 aliphatic carbocycles. The molecule has 3 aromatic heterocycles. The number of nitrogens with two attached hydrogens (primary N) is 1. The average Bonchev–Trinajstić information content (AvgIpc) is 3.29. The third-order valence-electron chi connectivity index (χ3n) is 5.47. The Kier molecular flexibility index (Phi) is 3.73.